The maximum Gasteiger partial charge on any atom is 0.122 e. The summed E-state index contributed by atoms with van der Waals surface area (Å²) in [5.41, 5.74) is 0.916. The van der Waals surface area contributed by atoms with Crippen LogP contribution in [-0.2, 0) is 4.74 Å². The molecule has 16 heavy (non-hydrogen) atoms. The Labute approximate surface area is 95.7 Å². The molecule has 0 aliphatic carbocycles. The molecule has 1 saturated heterocycles. The van der Waals surface area contributed by atoms with Gasteiger partial charge in [0.1, 0.15) is 11.5 Å². The van der Waals surface area contributed by atoms with Gasteiger partial charge in [-0.1, -0.05) is 6.07 Å². The molecule has 2 rings (SSSR count). The zero-order valence-corrected chi connectivity index (χ0v) is 9.68. The van der Waals surface area contributed by atoms with Gasteiger partial charge in [-0.2, -0.15) is 0 Å². The molecule has 2 N–H and O–H groups in total. The van der Waals surface area contributed by atoms with Crippen molar-refractivity contribution < 1.29 is 14.9 Å². The Balaban J connectivity index is 2.23. The number of aromatic hydroxyl groups is 2. The minimum atomic E-state index is 0.106. The van der Waals surface area contributed by atoms with Crippen LogP contribution in [-0.4, -0.2) is 22.4 Å². The maximum atomic E-state index is 9.82. The largest absolute Gasteiger partial charge is 0.508 e. The molecule has 2 unspecified atom stereocenters. The molecular weight excluding hydrogens is 204 g/mol. The quantitative estimate of drug-likeness (QED) is 0.768. The highest BCUT2D eigenvalue weighted by atomic mass is 16.5. The lowest BCUT2D eigenvalue weighted by atomic mass is 9.86. The fraction of sp³-hybridized carbons (Fsp3) is 0.538. The van der Waals surface area contributed by atoms with Crippen molar-refractivity contribution in [1.82, 2.24) is 0 Å². The number of ether oxygens (including phenoxy) is 1. The van der Waals surface area contributed by atoms with Gasteiger partial charge in [-0.05, 0) is 44.2 Å². The molecule has 1 aromatic carbocycles. The Hall–Kier alpha value is -1.22. The first-order valence-electron chi connectivity index (χ1n) is 5.73. The molecule has 2 atom stereocenters. The van der Waals surface area contributed by atoms with Crippen LogP contribution in [0.15, 0.2) is 18.2 Å². The number of hydrogen-bond acceptors (Lipinski definition) is 3. The van der Waals surface area contributed by atoms with Crippen molar-refractivity contribution in [2.24, 2.45) is 0 Å². The molecule has 0 aromatic heterocycles. The van der Waals surface area contributed by atoms with E-state index in [1.54, 1.807) is 12.1 Å². The predicted molar refractivity (Wildman–Crippen MR) is 61.8 cm³/mol. The Morgan fingerprint density at radius 3 is 2.31 bits per heavy atom. The van der Waals surface area contributed by atoms with Gasteiger partial charge in [-0.25, -0.2) is 0 Å². The zero-order valence-electron chi connectivity index (χ0n) is 9.68. The molecule has 1 aliphatic rings. The normalized spacial score (nSPS) is 30.2. The minimum Gasteiger partial charge on any atom is -0.508 e. The average molecular weight is 222 g/mol. The standard InChI is InChI=1S/C13H18O3/c1-8-5-10(6-9(2)16-8)12-4-3-11(14)7-13(12)15/h3-4,7-10,14-15H,5-6H2,1-2H3. The van der Waals surface area contributed by atoms with Crippen molar-refractivity contribution in [2.45, 2.75) is 44.8 Å². The van der Waals surface area contributed by atoms with Gasteiger partial charge in [0.25, 0.3) is 0 Å². The molecule has 1 aromatic rings. The minimum absolute atomic E-state index is 0.106. The smallest absolute Gasteiger partial charge is 0.122 e. The molecule has 3 nitrogen and oxygen atoms in total. The molecule has 0 spiro atoms. The third-order valence-electron chi connectivity index (χ3n) is 3.15. The summed E-state index contributed by atoms with van der Waals surface area (Å²) >= 11 is 0. The Bertz CT molecular complexity index is 365. The highest BCUT2D eigenvalue weighted by Gasteiger charge is 2.27. The van der Waals surface area contributed by atoms with Crippen LogP contribution in [0.2, 0.25) is 0 Å². The van der Waals surface area contributed by atoms with E-state index in [2.05, 4.69) is 13.8 Å². The van der Waals surface area contributed by atoms with Crippen LogP contribution in [0, 0.1) is 0 Å². The summed E-state index contributed by atoms with van der Waals surface area (Å²) < 4.78 is 5.67. The average Bonchev–Trinajstić information content (AvgIpc) is 2.15. The van der Waals surface area contributed by atoms with Gasteiger partial charge in [-0.15, -0.1) is 0 Å². The third-order valence-corrected chi connectivity index (χ3v) is 3.15. The van der Waals surface area contributed by atoms with Gasteiger partial charge in [0.05, 0.1) is 12.2 Å². The van der Waals surface area contributed by atoms with Gasteiger partial charge in [-0.3, -0.25) is 0 Å². The van der Waals surface area contributed by atoms with Gasteiger partial charge in [0.15, 0.2) is 0 Å². The van der Waals surface area contributed by atoms with E-state index in [1.807, 2.05) is 0 Å². The van der Waals surface area contributed by atoms with Crippen molar-refractivity contribution in [1.29, 1.82) is 0 Å². The van der Waals surface area contributed by atoms with E-state index in [4.69, 9.17) is 4.74 Å². The fourth-order valence-electron chi connectivity index (χ4n) is 2.54. The Kier molecular flexibility index (Phi) is 3.06. The molecule has 1 fully saturated rings. The van der Waals surface area contributed by atoms with E-state index >= 15 is 0 Å². The number of phenols is 2. The van der Waals surface area contributed by atoms with Crippen molar-refractivity contribution in [2.75, 3.05) is 0 Å². The van der Waals surface area contributed by atoms with Crippen LogP contribution < -0.4 is 0 Å². The monoisotopic (exact) mass is 222 g/mol. The summed E-state index contributed by atoms with van der Waals surface area (Å²) in [5.74, 6) is 0.611. The van der Waals surface area contributed by atoms with Crippen LogP contribution in [0.4, 0.5) is 0 Å². The molecule has 0 bridgehead atoms. The summed E-state index contributed by atoms with van der Waals surface area (Å²) in [4.78, 5) is 0. The second kappa shape index (κ2) is 4.34. The number of benzene rings is 1. The van der Waals surface area contributed by atoms with Crippen LogP contribution in [0.5, 0.6) is 11.5 Å². The van der Waals surface area contributed by atoms with Gasteiger partial charge < -0.3 is 14.9 Å². The summed E-state index contributed by atoms with van der Waals surface area (Å²) in [6.07, 6.45) is 2.29. The second-order valence-corrected chi connectivity index (χ2v) is 4.67. The summed E-state index contributed by atoms with van der Waals surface area (Å²) in [7, 11) is 0. The van der Waals surface area contributed by atoms with Crippen molar-refractivity contribution in [3.05, 3.63) is 23.8 Å². The first-order chi connectivity index (χ1) is 7.56. The van der Waals surface area contributed by atoms with Crippen LogP contribution in [0.3, 0.4) is 0 Å². The summed E-state index contributed by atoms with van der Waals surface area (Å²) in [5, 5.41) is 19.1. The van der Waals surface area contributed by atoms with E-state index in [-0.39, 0.29) is 23.7 Å². The van der Waals surface area contributed by atoms with Gasteiger partial charge >= 0.3 is 0 Å². The molecule has 88 valence electrons. The van der Waals surface area contributed by atoms with Crippen LogP contribution >= 0.6 is 0 Å². The second-order valence-electron chi connectivity index (χ2n) is 4.67. The molecular formula is C13H18O3. The SMILES string of the molecule is CC1CC(c2ccc(O)cc2O)CC(C)O1. The van der Waals surface area contributed by atoms with Crippen molar-refractivity contribution >= 4 is 0 Å². The fourth-order valence-corrected chi connectivity index (χ4v) is 2.54. The lowest BCUT2D eigenvalue weighted by molar-refractivity contribution is -0.0382. The highest BCUT2D eigenvalue weighted by molar-refractivity contribution is 5.41. The molecule has 0 amide bonds. The molecule has 1 aliphatic heterocycles. The molecule has 3 heteroatoms. The number of rotatable bonds is 1. The molecule has 0 saturated carbocycles. The van der Waals surface area contributed by atoms with Gasteiger partial charge in [0.2, 0.25) is 0 Å². The first kappa shape index (κ1) is 11.3. The lowest BCUT2D eigenvalue weighted by Crippen LogP contribution is -2.28. The highest BCUT2D eigenvalue weighted by Crippen LogP contribution is 2.38. The lowest BCUT2D eigenvalue weighted by Gasteiger charge is -2.32. The number of phenolic OH excluding ortho intramolecular Hbond substituents is 2. The topological polar surface area (TPSA) is 49.7 Å². The van der Waals surface area contributed by atoms with E-state index in [9.17, 15) is 10.2 Å². The zero-order chi connectivity index (χ0) is 11.7. The number of hydrogen-bond donors (Lipinski definition) is 2. The summed E-state index contributed by atoms with van der Waals surface area (Å²) in [6, 6.07) is 4.83. The maximum absolute atomic E-state index is 9.82. The Morgan fingerprint density at radius 1 is 1.12 bits per heavy atom. The van der Waals surface area contributed by atoms with Crippen molar-refractivity contribution in [3.8, 4) is 11.5 Å². The third kappa shape index (κ3) is 2.30. The van der Waals surface area contributed by atoms with Crippen molar-refractivity contribution in [3.63, 3.8) is 0 Å². The van der Waals surface area contributed by atoms with Gasteiger partial charge in [0, 0.05) is 6.07 Å². The summed E-state index contributed by atoms with van der Waals surface area (Å²) in [6.45, 7) is 4.11. The van der Waals surface area contributed by atoms with E-state index in [0.717, 1.165) is 18.4 Å². The predicted octanol–water partition coefficient (Wildman–Crippen LogP) is 2.77. The first-order valence-corrected chi connectivity index (χ1v) is 5.73. The molecule has 1 heterocycles. The van der Waals surface area contributed by atoms with Crippen LogP contribution in [0.25, 0.3) is 0 Å². The van der Waals surface area contributed by atoms with Crippen LogP contribution in [0.1, 0.15) is 38.2 Å². The Morgan fingerprint density at radius 2 is 1.75 bits per heavy atom. The molecule has 0 radical (unpaired) electrons. The van der Waals surface area contributed by atoms with E-state index < -0.39 is 0 Å². The van der Waals surface area contributed by atoms with E-state index in [1.165, 1.54) is 6.07 Å². The van der Waals surface area contributed by atoms with E-state index in [0.29, 0.717) is 5.92 Å².